The summed E-state index contributed by atoms with van der Waals surface area (Å²) in [6.45, 7) is 12.2. The maximum Gasteiger partial charge on any atom is 0.254 e. The van der Waals surface area contributed by atoms with Crippen molar-refractivity contribution in [3.05, 3.63) is 40.2 Å². The first-order chi connectivity index (χ1) is 14.2. The third-order valence-electron chi connectivity index (χ3n) is 5.57. The molecule has 0 aliphatic heterocycles. The second kappa shape index (κ2) is 10.6. The van der Waals surface area contributed by atoms with Gasteiger partial charge in [-0.25, -0.2) is 0 Å². The largest absolute Gasteiger partial charge is 0.497 e. The first-order valence-electron chi connectivity index (χ1n) is 11.2. The van der Waals surface area contributed by atoms with Crippen molar-refractivity contribution in [1.82, 2.24) is 9.47 Å². The number of unbranched alkanes of at least 4 members (excludes halogenated alkanes) is 2. The highest BCUT2D eigenvalue weighted by Gasteiger charge is 2.20. The molecule has 0 N–H and O–H groups in total. The maximum atomic E-state index is 13.3. The molecular formula is C25H38N2O3. The first-order valence-corrected chi connectivity index (χ1v) is 11.2. The predicted molar refractivity (Wildman–Crippen MR) is 124 cm³/mol. The molecule has 0 atom stereocenters. The molecule has 1 aromatic carbocycles. The number of ether oxygens (including phenoxy) is 1. The lowest BCUT2D eigenvalue weighted by Gasteiger charge is -2.27. The highest BCUT2D eigenvalue weighted by atomic mass is 16.5. The van der Waals surface area contributed by atoms with Gasteiger partial charge in [0.25, 0.3) is 5.56 Å². The third kappa shape index (κ3) is 6.35. The Labute approximate surface area is 181 Å². The summed E-state index contributed by atoms with van der Waals surface area (Å²) in [5.74, 6) is 0.690. The molecule has 2 aromatic rings. The van der Waals surface area contributed by atoms with Crippen molar-refractivity contribution in [3.63, 3.8) is 0 Å². The van der Waals surface area contributed by atoms with E-state index in [1.807, 2.05) is 36.1 Å². The van der Waals surface area contributed by atoms with Crippen LogP contribution in [-0.2, 0) is 17.8 Å². The normalized spacial score (nSPS) is 11.7. The van der Waals surface area contributed by atoms with Crippen LogP contribution < -0.4 is 10.3 Å². The Morgan fingerprint density at radius 3 is 2.43 bits per heavy atom. The van der Waals surface area contributed by atoms with Crippen molar-refractivity contribution < 1.29 is 9.53 Å². The Kier molecular flexibility index (Phi) is 8.51. The van der Waals surface area contributed by atoms with Gasteiger partial charge in [0.1, 0.15) is 12.3 Å². The van der Waals surface area contributed by atoms with Crippen LogP contribution in [0.25, 0.3) is 10.9 Å². The minimum Gasteiger partial charge on any atom is -0.497 e. The fourth-order valence-corrected chi connectivity index (χ4v) is 3.57. The van der Waals surface area contributed by atoms with Crippen LogP contribution in [0.15, 0.2) is 29.1 Å². The zero-order valence-corrected chi connectivity index (χ0v) is 19.6. The summed E-state index contributed by atoms with van der Waals surface area (Å²) in [5, 5.41) is 0.951. The number of benzene rings is 1. The molecule has 30 heavy (non-hydrogen) atoms. The van der Waals surface area contributed by atoms with Gasteiger partial charge in [-0.15, -0.1) is 0 Å². The number of aryl methyl sites for hydroxylation is 1. The summed E-state index contributed by atoms with van der Waals surface area (Å²) in [6.07, 6.45) is 4.78. The number of hydrogen-bond acceptors (Lipinski definition) is 3. The average Bonchev–Trinajstić information content (AvgIpc) is 2.71. The molecule has 0 aliphatic carbocycles. The molecule has 0 fully saturated rings. The zero-order chi connectivity index (χ0) is 22.3. The minimum atomic E-state index is -0.0871. The third-order valence-corrected chi connectivity index (χ3v) is 5.57. The van der Waals surface area contributed by atoms with E-state index < -0.39 is 0 Å². The summed E-state index contributed by atoms with van der Waals surface area (Å²) in [6, 6.07) is 7.61. The van der Waals surface area contributed by atoms with Crippen molar-refractivity contribution in [2.45, 2.75) is 73.3 Å². The molecule has 0 saturated heterocycles. The van der Waals surface area contributed by atoms with Crippen LogP contribution in [0.1, 0.15) is 65.9 Å². The summed E-state index contributed by atoms with van der Waals surface area (Å²) in [7, 11) is 1.61. The lowest BCUT2D eigenvalue weighted by atomic mass is 9.92. The maximum absolute atomic E-state index is 13.3. The predicted octanol–water partition coefficient (Wildman–Crippen LogP) is 5.03. The number of hydrogen-bond donors (Lipinski definition) is 0. The lowest BCUT2D eigenvalue weighted by Crippen LogP contribution is -2.39. The van der Waals surface area contributed by atoms with Gasteiger partial charge < -0.3 is 9.64 Å². The van der Waals surface area contributed by atoms with Gasteiger partial charge in [0.2, 0.25) is 5.91 Å². The molecule has 0 radical (unpaired) electrons. The van der Waals surface area contributed by atoms with E-state index in [-0.39, 0.29) is 23.4 Å². The molecule has 166 valence electrons. The van der Waals surface area contributed by atoms with E-state index in [2.05, 4.69) is 27.7 Å². The van der Waals surface area contributed by atoms with Crippen LogP contribution in [0.3, 0.4) is 0 Å². The number of nitrogens with zero attached hydrogens (tertiary/aromatic N) is 2. The Balaban J connectivity index is 2.39. The fourth-order valence-electron chi connectivity index (χ4n) is 3.57. The minimum absolute atomic E-state index is 0.00910. The van der Waals surface area contributed by atoms with Gasteiger partial charge >= 0.3 is 0 Å². The standard InChI is InChI=1S/C25H38N2O3/c1-7-9-10-14-26(15-13-25(3,4)5)23(28)18-27-22-17-21(30-6)12-11-20(22)16-19(8-2)24(27)29/h11-12,16-17H,7-10,13-15,18H2,1-6H3. The number of pyridine rings is 1. The Bertz CT molecular complexity index is 909. The van der Waals surface area contributed by atoms with Gasteiger partial charge in [0.05, 0.1) is 12.6 Å². The van der Waals surface area contributed by atoms with E-state index in [1.165, 1.54) is 0 Å². The van der Waals surface area contributed by atoms with Crippen LogP contribution in [0.4, 0.5) is 0 Å². The highest BCUT2D eigenvalue weighted by molar-refractivity contribution is 5.84. The van der Waals surface area contributed by atoms with Crippen LogP contribution in [0.2, 0.25) is 0 Å². The molecule has 1 amide bonds. The van der Waals surface area contributed by atoms with E-state index in [4.69, 9.17) is 4.74 Å². The topological polar surface area (TPSA) is 51.5 Å². The van der Waals surface area contributed by atoms with Crippen LogP contribution >= 0.6 is 0 Å². The number of rotatable bonds is 10. The van der Waals surface area contributed by atoms with Crippen molar-refractivity contribution in [3.8, 4) is 5.75 Å². The fraction of sp³-hybridized carbons (Fsp3) is 0.600. The molecule has 1 aromatic heterocycles. The Hall–Kier alpha value is -2.30. The number of carbonyl (C=O) groups is 1. The number of fused-ring (bicyclic) bond motifs is 1. The summed E-state index contributed by atoms with van der Waals surface area (Å²) >= 11 is 0. The first kappa shape index (κ1) is 24.0. The molecule has 0 aliphatic rings. The molecule has 0 spiro atoms. The molecule has 2 rings (SSSR count). The van der Waals surface area contributed by atoms with E-state index in [1.54, 1.807) is 11.7 Å². The number of amides is 1. The van der Waals surface area contributed by atoms with Crippen LogP contribution in [0, 0.1) is 5.41 Å². The molecule has 5 heteroatoms. The highest BCUT2D eigenvalue weighted by Crippen LogP contribution is 2.22. The van der Waals surface area contributed by atoms with Crippen molar-refractivity contribution in [1.29, 1.82) is 0 Å². The van der Waals surface area contributed by atoms with Crippen molar-refractivity contribution in [2.75, 3.05) is 20.2 Å². The van der Waals surface area contributed by atoms with Crippen molar-refractivity contribution >= 4 is 16.8 Å². The van der Waals surface area contributed by atoms with Crippen LogP contribution in [-0.4, -0.2) is 35.6 Å². The smallest absolute Gasteiger partial charge is 0.254 e. The number of aromatic nitrogens is 1. The molecule has 1 heterocycles. The second-order valence-corrected chi connectivity index (χ2v) is 9.24. The van der Waals surface area contributed by atoms with Gasteiger partial charge in [-0.1, -0.05) is 47.5 Å². The SMILES string of the molecule is CCCCCN(CCC(C)(C)C)C(=O)Cn1c(=O)c(CC)cc2ccc(OC)cc21. The van der Waals surface area contributed by atoms with E-state index in [0.29, 0.717) is 12.2 Å². The molecule has 0 unspecified atom stereocenters. The van der Waals surface area contributed by atoms with Gasteiger partial charge in [-0.2, -0.15) is 0 Å². The van der Waals surface area contributed by atoms with Gasteiger partial charge in [-0.3, -0.25) is 14.2 Å². The van der Waals surface area contributed by atoms with E-state index in [0.717, 1.165) is 55.2 Å². The van der Waals surface area contributed by atoms with Crippen molar-refractivity contribution in [2.24, 2.45) is 5.41 Å². The molecular weight excluding hydrogens is 376 g/mol. The number of carbonyl (C=O) groups excluding carboxylic acids is 1. The summed E-state index contributed by atoms with van der Waals surface area (Å²) < 4.78 is 6.98. The van der Waals surface area contributed by atoms with Crippen LogP contribution in [0.5, 0.6) is 5.75 Å². The molecule has 0 bridgehead atoms. The van der Waals surface area contributed by atoms with Gasteiger partial charge in [-0.05, 0) is 48.3 Å². The van der Waals surface area contributed by atoms with Gasteiger partial charge in [0, 0.05) is 24.7 Å². The van der Waals surface area contributed by atoms with E-state index >= 15 is 0 Å². The van der Waals surface area contributed by atoms with E-state index in [9.17, 15) is 9.59 Å². The molecule has 0 saturated carbocycles. The summed E-state index contributed by atoms with van der Waals surface area (Å²) in [4.78, 5) is 28.4. The monoisotopic (exact) mass is 414 g/mol. The number of methoxy groups -OCH3 is 1. The Morgan fingerprint density at radius 2 is 1.83 bits per heavy atom. The lowest BCUT2D eigenvalue weighted by molar-refractivity contribution is -0.132. The molecule has 5 nitrogen and oxygen atoms in total. The zero-order valence-electron chi connectivity index (χ0n) is 19.6. The quantitative estimate of drug-likeness (QED) is 0.513. The Morgan fingerprint density at radius 1 is 1.10 bits per heavy atom. The summed E-state index contributed by atoms with van der Waals surface area (Å²) in [5.41, 5.74) is 1.54. The van der Waals surface area contributed by atoms with Gasteiger partial charge in [0.15, 0.2) is 0 Å². The second-order valence-electron chi connectivity index (χ2n) is 9.24. The average molecular weight is 415 g/mol.